The lowest BCUT2D eigenvalue weighted by Gasteiger charge is -2.44. The maximum absolute atomic E-state index is 13.0. The van der Waals surface area contributed by atoms with Crippen molar-refractivity contribution in [2.45, 2.75) is 103 Å². The molecule has 2 saturated heterocycles. The fourth-order valence-electron chi connectivity index (χ4n) is 10.1. The molecule has 6 heterocycles. The van der Waals surface area contributed by atoms with E-state index in [2.05, 4.69) is 125 Å². The van der Waals surface area contributed by atoms with Crippen molar-refractivity contribution in [3.8, 4) is 0 Å². The van der Waals surface area contributed by atoms with Crippen LogP contribution in [0.1, 0.15) is 99.8 Å². The SMILES string of the molecule is C.CN(C)CCC(c1ccccc1)n1cc(N)cn1.CN(C)CCC(c1ccccc1)n1cc(NC(=O)c2n[nH]c3c2CCC2(COC2)C3)cn1.C[Si](C)(C)CCOCn1nc(C(=O)O)c2c1CC1(CC2)COC1. The van der Waals surface area contributed by atoms with Gasteiger partial charge in [0.25, 0.3) is 5.91 Å². The monoisotopic (exact) mass is 1030 g/mol. The standard InChI is InChI=1S/C24H30N6O2.C16H26N2O4Si.C14H20N4.CH4/c1-29(2)11-9-21(17-6-4-3-5-7-17)30-14-18(13-25-30)26-23(31)22-19-8-10-24(15-32-16-24)12-20(19)27-28-22;1-23(2,3)7-6-21-11-18-13-8-16(9-22-10-16)5-4-12(13)14(17-18)15(19)20;1-17(2)9-8-14(12-6-4-3-5-7-12)18-11-13(15)10-16-18;/h3-7,13-14,21H,8-12,15-16H2,1-2H3,(H,26,31)(H,27,28);4-11H2,1-3H3,(H,19,20);3-7,10-11,14H,8-9,15H2,1-2H3;1H4. The average Bonchev–Trinajstić information content (AvgIpc) is 4.16. The van der Waals surface area contributed by atoms with E-state index in [4.69, 9.17) is 19.9 Å². The van der Waals surface area contributed by atoms with Gasteiger partial charge in [-0.05, 0) is 110 Å². The second-order valence-corrected chi connectivity index (χ2v) is 27.9. The Morgan fingerprint density at radius 3 is 1.88 bits per heavy atom. The fourth-order valence-corrected chi connectivity index (χ4v) is 10.8. The summed E-state index contributed by atoms with van der Waals surface area (Å²) >= 11 is 0. The van der Waals surface area contributed by atoms with Crippen LogP contribution in [-0.4, -0.2) is 149 Å². The van der Waals surface area contributed by atoms with Crippen LogP contribution >= 0.6 is 0 Å². The van der Waals surface area contributed by atoms with Crippen LogP contribution in [0, 0.1) is 10.8 Å². The highest BCUT2D eigenvalue weighted by Gasteiger charge is 2.45. The topological polar surface area (TPSA) is 209 Å². The van der Waals surface area contributed by atoms with E-state index in [0.29, 0.717) is 30.4 Å². The van der Waals surface area contributed by atoms with Crippen molar-refractivity contribution in [3.63, 3.8) is 0 Å². The number of hydrogen-bond donors (Lipinski definition) is 4. The largest absolute Gasteiger partial charge is 0.476 e. The van der Waals surface area contributed by atoms with Crippen LogP contribution in [0.4, 0.5) is 11.4 Å². The minimum Gasteiger partial charge on any atom is -0.476 e. The number of ether oxygens (including phenoxy) is 3. The Kier molecular flexibility index (Phi) is 18.5. The number of nitrogens with two attached hydrogens (primary N) is 1. The summed E-state index contributed by atoms with van der Waals surface area (Å²) in [5, 5.41) is 33.1. The number of hydrogen-bond acceptors (Lipinski definition) is 12. The number of aromatic carboxylic acids is 1. The van der Waals surface area contributed by atoms with Crippen molar-refractivity contribution >= 4 is 31.3 Å². The number of benzene rings is 2. The highest BCUT2D eigenvalue weighted by molar-refractivity contribution is 6.76. The molecule has 2 aliphatic heterocycles. The third-order valence-corrected chi connectivity index (χ3v) is 16.2. The van der Waals surface area contributed by atoms with Gasteiger partial charge in [0.1, 0.15) is 6.73 Å². The van der Waals surface area contributed by atoms with Gasteiger partial charge in [0.15, 0.2) is 11.4 Å². The summed E-state index contributed by atoms with van der Waals surface area (Å²) in [4.78, 5) is 28.8. The Morgan fingerprint density at radius 1 is 0.811 bits per heavy atom. The molecule has 6 aromatic rings. The average molecular weight is 1030 g/mol. The number of nitrogens with zero attached hydrogens (tertiary/aromatic N) is 9. The number of fused-ring (bicyclic) bond motifs is 2. The summed E-state index contributed by atoms with van der Waals surface area (Å²) in [7, 11) is 7.19. The molecule has 400 valence electrons. The van der Waals surface area contributed by atoms with E-state index in [9.17, 15) is 14.7 Å². The molecule has 74 heavy (non-hydrogen) atoms. The summed E-state index contributed by atoms with van der Waals surface area (Å²) in [5.41, 5.74) is 14.8. The van der Waals surface area contributed by atoms with E-state index < -0.39 is 14.0 Å². The van der Waals surface area contributed by atoms with E-state index >= 15 is 0 Å². The second-order valence-electron chi connectivity index (χ2n) is 22.2. The van der Waals surface area contributed by atoms with Crippen molar-refractivity contribution < 1.29 is 28.9 Å². The number of anilines is 2. The molecule has 2 aliphatic carbocycles. The van der Waals surface area contributed by atoms with Gasteiger partial charge in [-0.2, -0.15) is 20.4 Å². The number of carboxylic acid groups (broad SMARTS) is 1. The molecule has 0 saturated carbocycles. The Morgan fingerprint density at radius 2 is 1.36 bits per heavy atom. The van der Waals surface area contributed by atoms with Gasteiger partial charge in [0.2, 0.25) is 0 Å². The molecule has 0 radical (unpaired) electrons. The maximum Gasteiger partial charge on any atom is 0.356 e. The number of carboxylic acids is 1. The number of nitrogens with one attached hydrogen (secondary N) is 2. The van der Waals surface area contributed by atoms with Gasteiger partial charge >= 0.3 is 5.97 Å². The molecule has 0 bridgehead atoms. The summed E-state index contributed by atoms with van der Waals surface area (Å²) in [5.74, 6) is -1.13. The van der Waals surface area contributed by atoms with Crippen LogP contribution in [0.15, 0.2) is 85.5 Å². The first-order valence-electron chi connectivity index (χ1n) is 25.6. The third kappa shape index (κ3) is 14.0. The predicted molar refractivity (Wildman–Crippen MR) is 291 cm³/mol. The van der Waals surface area contributed by atoms with Crippen LogP contribution in [0.3, 0.4) is 0 Å². The molecule has 2 unspecified atom stereocenters. The first-order valence-corrected chi connectivity index (χ1v) is 29.4. The van der Waals surface area contributed by atoms with Crippen molar-refractivity contribution in [1.82, 2.24) is 49.3 Å². The summed E-state index contributed by atoms with van der Waals surface area (Å²) < 4.78 is 22.3. The number of H-pyrrole nitrogens is 1. The van der Waals surface area contributed by atoms with Gasteiger partial charge in [0, 0.05) is 60.4 Å². The molecule has 10 rings (SSSR count). The van der Waals surface area contributed by atoms with Crippen molar-refractivity contribution in [2.75, 3.05) is 85.4 Å². The van der Waals surface area contributed by atoms with Gasteiger partial charge in [-0.25, -0.2) is 9.48 Å². The quantitative estimate of drug-likeness (QED) is 0.0477. The first kappa shape index (κ1) is 55.8. The Labute approximate surface area is 437 Å². The summed E-state index contributed by atoms with van der Waals surface area (Å²) in [6.45, 7) is 13.1. The Balaban J connectivity index is 0.000000169. The van der Waals surface area contributed by atoms with Crippen LogP contribution in [0.5, 0.6) is 0 Å². The lowest BCUT2D eigenvalue weighted by atomic mass is 9.72. The number of carbonyl (C=O) groups excluding carboxylic acids is 1. The zero-order valence-corrected chi connectivity index (χ0v) is 44.8. The molecule has 5 N–H and O–H groups in total. The number of carbonyl (C=O) groups is 2. The van der Waals surface area contributed by atoms with Crippen molar-refractivity contribution in [1.29, 1.82) is 0 Å². The molecule has 4 aromatic heterocycles. The number of aromatic nitrogens is 8. The summed E-state index contributed by atoms with van der Waals surface area (Å²) in [6.07, 6.45) is 14.6. The van der Waals surface area contributed by atoms with Gasteiger partial charge in [0.05, 0.1) is 62.3 Å². The number of aromatic amines is 1. The zero-order valence-electron chi connectivity index (χ0n) is 43.8. The van der Waals surface area contributed by atoms with E-state index in [1.54, 1.807) is 17.1 Å². The van der Waals surface area contributed by atoms with Gasteiger partial charge in [-0.15, -0.1) is 0 Å². The highest BCUT2D eigenvalue weighted by atomic mass is 28.3. The predicted octanol–water partition coefficient (Wildman–Crippen LogP) is 7.95. The minimum atomic E-state index is -1.12. The Bertz CT molecular complexity index is 2740. The lowest BCUT2D eigenvalue weighted by molar-refractivity contribution is -0.121. The fraction of sp³-hybridized carbons (Fsp3) is 0.527. The molecule has 18 nitrogen and oxygen atoms in total. The molecular formula is C55H80N12O6Si. The number of nitrogen functional groups attached to an aromatic ring is 1. The molecule has 2 atom stereocenters. The van der Waals surface area contributed by atoms with Crippen LogP contribution < -0.4 is 11.1 Å². The number of rotatable bonds is 18. The molecular weight excluding hydrogens is 953 g/mol. The van der Waals surface area contributed by atoms with Crippen LogP contribution in [0.2, 0.25) is 25.7 Å². The molecule has 4 aliphatic rings. The molecule has 2 spiro atoms. The minimum absolute atomic E-state index is 0. The van der Waals surface area contributed by atoms with Crippen LogP contribution in [-0.2, 0) is 46.6 Å². The van der Waals surface area contributed by atoms with Crippen molar-refractivity contribution in [2.24, 2.45) is 10.8 Å². The van der Waals surface area contributed by atoms with E-state index in [1.165, 1.54) is 11.1 Å². The van der Waals surface area contributed by atoms with Gasteiger partial charge < -0.3 is 40.2 Å². The van der Waals surface area contributed by atoms with Gasteiger partial charge in [-0.3, -0.25) is 19.3 Å². The maximum atomic E-state index is 13.0. The van der Waals surface area contributed by atoms with Crippen LogP contribution in [0.25, 0.3) is 0 Å². The smallest absolute Gasteiger partial charge is 0.356 e. The van der Waals surface area contributed by atoms with E-state index in [1.807, 2.05) is 46.0 Å². The van der Waals surface area contributed by atoms with E-state index in [0.717, 1.165) is 119 Å². The van der Waals surface area contributed by atoms with Crippen molar-refractivity contribution in [3.05, 3.63) is 130 Å². The first-order chi connectivity index (χ1) is 35.0. The molecule has 2 fully saturated rings. The second kappa shape index (κ2) is 24.6. The highest BCUT2D eigenvalue weighted by Crippen LogP contribution is 2.43. The Hall–Kier alpha value is -5.96. The molecule has 1 amide bonds. The third-order valence-electron chi connectivity index (χ3n) is 14.5. The lowest BCUT2D eigenvalue weighted by Crippen LogP contribution is -2.47. The number of amides is 1. The zero-order chi connectivity index (χ0) is 51.8. The van der Waals surface area contributed by atoms with E-state index in [-0.39, 0.29) is 41.9 Å². The molecule has 2 aromatic carbocycles. The normalized spacial score (nSPS) is 16.8. The molecule has 19 heteroatoms. The van der Waals surface area contributed by atoms with Gasteiger partial charge in [-0.1, -0.05) is 87.7 Å². The summed E-state index contributed by atoms with van der Waals surface area (Å²) in [6, 6.07) is 22.2.